The summed E-state index contributed by atoms with van der Waals surface area (Å²) in [6, 6.07) is 0. The van der Waals surface area contributed by atoms with Crippen LogP contribution < -0.4 is 0 Å². The molecule has 8 aliphatic heterocycles. The van der Waals surface area contributed by atoms with Gasteiger partial charge in [0.25, 0.3) is 0 Å². The summed E-state index contributed by atoms with van der Waals surface area (Å²) in [4.78, 5) is 0. The number of fused-ring (bicyclic) bond motifs is 16. The molecule has 0 amide bonds. The smallest absolute Gasteiger partial charge is 0.185 e. The van der Waals surface area contributed by atoms with Crippen LogP contribution in [0.4, 0.5) is 0 Å². The summed E-state index contributed by atoms with van der Waals surface area (Å²) in [5, 5.41) is 93.9. The van der Waals surface area contributed by atoms with Crippen molar-refractivity contribution in [3.05, 3.63) is 46.6 Å². The maximum absolute atomic E-state index is 12.2. The van der Waals surface area contributed by atoms with E-state index in [0.717, 1.165) is 168 Å². The molecule has 624 valence electrons. The van der Waals surface area contributed by atoms with Gasteiger partial charge in [-0.05, 0) is 257 Å². The summed E-state index contributed by atoms with van der Waals surface area (Å²) in [6.45, 7) is 35.4. The number of hydrogen-bond donors (Lipinski definition) is 9. The highest BCUT2D eigenvalue weighted by molar-refractivity contribution is 5.42. The fraction of sp³-hybridized carbons (Fsp3) is 0.915. The minimum Gasteiger partial charge on any atom is -0.400 e. The molecule has 39 unspecified atom stereocenters. The molecule has 18 fully saturated rings. The molecule has 17 nitrogen and oxygen atoms in total. The van der Waals surface area contributed by atoms with E-state index in [1.54, 1.807) is 0 Å². The molecule has 0 aromatic heterocycles. The van der Waals surface area contributed by atoms with E-state index < -0.39 is 35.7 Å². The molecule has 39 atom stereocenters. The second kappa shape index (κ2) is 26.6. The lowest BCUT2D eigenvalue weighted by Gasteiger charge is -2.68. The van der Waals surface area contributed by atoms with Crippen molar-refractivity contribution in [2.45, 2.75) is 397 Å². The summed E-state index contributed by atoms with van der Waals surface area (Å²) in [5.41, 5.74) is 3.05. The predicted molar refractivity (Wildman–Crippen MR) is 420 cm³/mol. The van der Waals surface area contributed by atoms with Gasteiger partial charge in [-0.1, -0.05) is 137 Å². The van der Waals surface area contributed by atoms with Crippen LogP contribution in [-0.2, 0) is 37.9 Å². The Bertz CT molecular complexity index is 3720. The van der Waals surface area contributed by atoms with E-state index in [1.165, 1.54) is 48.0 Å². The third kappa shape index (κ3) is 10.1. The highest BCUT2D eigenvalue weighted by atomic mass is 16.7. The average Bonchev–Trinajstić information content (AvgIpc) is 1.43. The Kier molecular flexibility index (Phi) is 19.3. The molecular formula is C94H146O17. The van der Waals surface area contributed by atoms with Gasteiger partial charge in [0.05, 0.1) is 67.1 Å². The minimum absolute atomic E-state index is 0.00398. The van der Waals surface area contributed by atoms with Gasteiger partial charge in [-0.25, -0.2) is 0 Å². The molecular weight excluding hydrogens is 1400 g/mol. The Morgan fingerprint density at radius 3 is 1.30 bits per heavy atom. The van der Waals surface area contributed by atoms with Crippen molar-refractivity contribution in [2.24, 2.45) is 126 Å². The van der Waals surface area contributed by atoms with Gasteiger partial charge in [0.15, 0.2) is 30.3 Å². The molecule has 14 aliphatic carbocycles. The minimum atomic E-state index is -1.22. The molecule has 10 saturated carbocycles. The Hall–Kier alpha value is -1.72. The number of ether oxygens (including phenoxy) is 8. The number of allylic oxidation sites excluding steroid dienone is 4. The first-order chi connectivity index (χ1) is 52.5. The number of aliphatic hydroxyl groups is 9. The summed E-state index contributed by atoms with van der Waals surface area (Å²) in [5.74, 6) is 5.26. The zero-order valence-corrected chi connectivity index (χ0v) is 70.7. The van der Waals surface area contributed by atoms with Crippen molar-refractivity contribution in [1.29, 1.82) is 0 Å². The Morgan fingerprint density at radius 1 is 0.405 bits per heavy atom. The molecule has 0 aromatic carbocycles. The van der Waals surface area contributed by atoms with E-state index in [-0.39, 0.29) is 133 Å². The summed E-state index contributed by atoms with van der Waals surface area (Å²) < 4.78 is 52.4. The second-order valence-corrected chi connectivity index (χ2v) is 44.1. The average molecular weight is 1550 g/mol. The maximum atomic E-state index is 12.2. The maximum Gasteiger partial charge on any atom is 0.185 e. The van der Waals surface area contributed by atoms with E-state index in [4.69, 9.17) is 43.0 Å². The highest BCUT2D eigenvalue weighted by Crippen LogP contribution is 2.82. The molecule has 22 aliphatic rings. The zero-order valence-electron chi connectivity index (χ0n) is 70.7. The SMILES string of the molecule is CC12CCC(O)CC1=CCC1C2CCC2(C)C3C4CCC3OC12C(O)O4.CC12CCC(O)CC1=CCC1C2CCC2(C)C3C4OC(O)C12OC3C41OC1(C)C.CCC1OC(O)C2(O)C3CC=C4CC(O)CCC4(C)C3CCC2(C)C1C(C)C.CCC1OC23OCC(C)C1C2(C)CCC1C3CC=C2CC(O)CCC21C.CO. The topological polar surface area (TPSA) is 259 Å². The van der Waals surface area contributed by atoms with Crippen LogP contribution in [0.2, 0.25) is 0 Å². The van der Waals surface area contributed by atoms with E-state index in [1.807, 2.05) is 0 Å². The van der Waals surface area contributed by atoms with Gasteiger partial charge in [0, 0.05) is 70.2 Å². The van der Waals surface area contributed by atoms with Gasteiger partial charge >= 0.3 is 0 Å². The third-order valence-corrected chi connectivity index (χ3v) is 39.8. The van der Waals surface area contributed by atoms with Crippen molar-refractivity contribution in [1.82, 2.24) is 0 Å². The van der Waals surface area contributed by atoms with Crippen LogP contribution in [0.3, 0.4) is 0 Å². The number of aliphatic hydroxyl groups excluding tert-OH is 8. The van der Waals surface area contributed by atoms with Gasteiger partial charge in [0.2, 0.25) is 0 Å². The first-order valence-corrected chi connectivity index (χ1v) is 45.5. The van der Waals surface area contributed by atoms with Crippen LogP contribution in [0.15, 0.2) is 46.6 Å². The summed E-state index contributed by atoms with van der Waals surface area (Å²) >= 11 is 0. The number of epoxide rings is 1. The molecule has 8 saturated heterocycles. The van der Waals surface area contributed by atoms with E-state index >= 15 is 0 Å². The lowest BCUT2D eigenvalue weighted by molar-refractivity contribution is -0.371. The first-order valence-electron chi connectivity index (χ1n) is 45.5. The lowest BCUT2D eigenvalue weighted by atomic mass is 9.41. The fourth-order valence-corrected chi connectivity index (χ4v) is 34.3. The van der Waals surface area contributed by atoms with Crippen molar-refractivity contribution < 1.29 is 83.9 Å². The van der Waals surface area contributed by atoms with Crippen molar-refractivity contribution >= 4 is 0 Å². The Labute approximate surface area is 664 Å². The number of hydrogen-bond acceptors (Lipinski definition) is 17. The van der Waals surface area contributed by atoms with Crippen molar-refractivity contribution in [3.63, 3.8) is 0 Å². The van der Waals surface area contributed by atoms with Crippen LogP contribution in [0.25, 0.3) is 0 Å². The van der Waals surface area contributed by atoms with Gasteiger partial charge in [-0.3, -0.25) is 0 Å². The van der Waals surface area contributed by atoms with Gasteiger partial charge in [-0.2, -0.15) is 0 Å². The first kappa shape index (κ1) is 80.3. The highest BCUT2D eigenvalue weighted by Gasteiger charge is 2.94. The molecule has 8 heterocycles. The van der Waals surface area contributed by atoms with Crippen molar-refractivity contribution in [3.8, 4) is 0 Å². The van der Waals surface area contributed by atoms with Gasteiger partial charge in [0.1, 0.15) is 22.9 Å². The third-order valence-electron chi connectivity index (χ3n) is 39.8. The van der Waals surface area contributed by atoms with Gasteiger partial charge in [-0.15, -0.1) is 0 Å². The molecule has 0 aromatic rings. The van der Waals surface area contributed by atoms with Crippen molar-refractivity contribution in [2.75, 3.05) is 13.7 Å². The second-order valence-electron chi connectivity index (χ2n) is 44.1. The monoisotopic (exact) mass is 1550 g/mol. The van der Waals surface area contributed by atoms with Crippen LogP contribution in [0.1, 0.15) is 284 Å². The molecule has 6 bridgehead atoms. The van der Waals surface area contributed by atoms with Crippen LogP contribution in [0, 0.1) is 126 Å². The zero-order chi connectivity index (χ0) is 78.9. The summed E-state index contributed by atoms with van der Waals surface area (Å²) in [7, 11) is 1.00. The van der Waals surface area contributed by atoms with E-state index in [9.17, 15) is 40.9 Å². The fourth-order valence-electron chi connectivity index (χ4n) is 34.3. The number of rotatable bonds is 3. The molecule has 1 spiro atoms. The van der Waals surface area contributed by atoms with Crippen LogP contribution in [0.5, 0.6) is 0 Å². The standard InChI is InChI=1S/C24H34O5.C24H40O4.C23H36O3.C22H32O4.CH4O/c1-20(2)24(29-20)17-16-18(24)28-23(19(26)27-17)15-6-5-12-11-13(25)7-9-21(12,3)14(15)8-10-22(16,23)4;1-6-19-20(14(2)3)23(5)12-10-17-18(24(23,27)21(26)28-19)8-7-15-13-16(25)9-11-22(15,17)4;1-5-19-20-14(2)13-25-23(26-19)18-7-6-15-12-16(24)8-10-21(15,3)17(18)9-11-22(20,23)4;1-20-9-7-13(23)11-12(20)3-4-15-14(20)8-10-21(2)18-16-5-6-17(18)26-22(15,21)19(24)25-16;1-2/h5,13-19,25-26H,6-11H2,1-4H3;7,14,16-21,25-27H,6,8-13H2,1-5H3;6,14,16-20,24H,5,7-13H2,1-4H3;3,13-19,23-24H,4-11H2,1-2H3;2H,1H3. The lowest BCUT2D eigenvalue weighted by Crippen LogP contribution is -2.75. The molecule has 0 radical (unpaired) electrons. The van der Waals surface area contributed by atoms with Crippen LogP contribution in [-0.4, -0.2) is 173 Å². The predicted octanol–water partition coefficient (Wildman–Crippen LogP) is 14.4. The quantitative estimate of drug-likeness (QED) is 0.0940. The molecule has 22 rings (SSSR count). The molecule has 111 heavy (non-hydrogen) atoms. The van der Waals surface area contributed by atoms with Crippen LogP contribution >= 0.6 is 0 Å². The van der Waals surface area contributed by atoms with E-state index in [0.29, 0.717) is 71.2 Å². The van der Waals surface area contributed by atoms with E-state index in [2.05, 4.69) is 128 Å². The molecule has 9 N–H and O–H groups in total. The normalized spacial score (nSPS) is 59.2. The van der Waals surface area contributed by atoms with Gasteiger partial charge < -0.3 is 83.9 Å². The summed E-state index contributed by atoms with van der Waals surface area (Å²) in [6.07, 6.45) is 34.7. The largest absolute Gasteiger partial charge is 0.400 e. The Morgan fingerprint density at radius 2 is 0.820 bits per heavy atom. The molecule has 17 heteroatoms. The Balaban J connectivity index is 0.000000103.